The van der Waals surface area contributed by atoms with Gasteiger partial charge in [0, 0.05) is 56.5 Å². The van der Waals surface area contributed by atoms with Crippen molar-refractivity contribution in [2.24, 2.45) is 0 Å². The zero-order valence-corrected chi connectivity index (χ0v) is 21.9. The summed E-state index contributed by atoms with van der Waals surface area (Å²) in [6, 6.07) is 2.05. The van der Waals surface area contributed by atoms with Crippen molar-refractivity contribution in [2.45, 2.75) is 32.1 Å². The molecular formula is C23H31F3N10OS. The first-order chi connectivity index (χ1) is 18.4. The summed E-state index contributed by atoms with van der Waals surface area (Å²) in [7, 11) is 0. The Morgan fingerprint density at radius 1 is 1.18 bits per heavy atom. The molecule has 206 valence electrons. The summed E-state index contributed by atoms with van der Waals surface area (Å²) in [4.78, 5) is 22.5. The van der Waals surface area contributed by atoms with Crippen LogP contribution in [0.3, 0.4) is 0 Å². The molecule has 2 aliphatic heterocycles. The summed E-state index contributed by atoms with van der Waals surface area (Å²) in [5, 5.41) is 11.6. The van der Waals surface area contributed by atoms with Gasteiger partial charge in [-0.25, -0.2) is 15.0 Å². The van der Waals surface area contributed by atoms with Crippen molar-refractivity contribution in [2.75, 3.05) is 72.6 Å². The largest absolute Gasteiger partial charge is 0.411 e. The molecule has 3 aromatic rings. The second-order valence-electron chi connectivity index (χ2n) is 9.11. The zero-order valence-electron chi connectivity index (χ0n) is 21.1. The number of rotatable bonds is 9. The molecule has 0 saturated carbocycles. The molecule has 0 spiro atoms. The van der Waals surface area contributed by atoms with Gasteiger partial charge in [0.1, 0.15) is 29.8 Å². The van der Waals surface area contributed by atoms with Crippen LogP contribution in [0.5, 0.6) is 0 Å². The second kappa shape index (κ2) is 11.9. The number of anilines is 4. The third-order valence-corrected chi connectivity index (χ3v) is 7.38. The van der Waals surface area contributed by atoms with Crippen LogP contribution in [0.2, 0.25) is 0 Å². The van der Waals surface area contributed by atoms with Gasteiger partial charge in [0.25, 0.3) is 0 Å². The fraction of sp³-hybridized carbons (Fsp3) is 0.609. The van der Waals surface area contributed by atoms with Gasteiger partial charge in [-0.05, 0) is 12.5 Å². The molecule has 2 saturated heterocycles. The normalized spacial score (nSPS) is 18.8. The summed E-state index contributed by atoms with van der Waals surface area (Å²) in [6.07, 6.45) is -0.351. The van der Waals surface area contributed by atoms with Crippen LogP contribution < -0.4 is 20.4 Å². The van der Waals surface area contributed by atoms with Crippen molar-refractivity contribution in [3.8, 4) is 0 Å². The van der Waals surface area contributed by atoms with Crippen LogP contribution in [0.15, 0.2) is 18.6 Å². The molecule has 38 heavy (non-hydrogen) atoms. The highest BCUT2D eigenvalue weighted by Gasteiger charge is 2.29. The molecule has 2 N–H and O–H groups in total. The number of nitrogens with zero attached hydrogens (tertiary/aromatic N) is 8. The van der Waals surface area contributed by atoms with Crippen molar-refractivity contribution in [1.82, 2.24) is 35.0 Å². The molecule has 0 aromatic carbocycles. The Balaban J connectivity index is 1.57. The molecule has 11 nitrogen and oxygen atoms in total. The standard InChI is InChI=1S/C23H31F3N10OS/c1-2-16-13-35(6-5-28-16)22-31-18-19(20(32-22)30-17-3-4-27-15-29-17)36(7-10-37-14-23(24,25)26)33-21(18)34-8-11-38-12-9-34/h3-4,15-16,28H,2,5-14H2,1H3,(H,27,29,30,31,32)/t16-/m1/s1. The van der Waals surface area contributed by atoms with Gasteiger partial charge in [0.05, 0.1) is 13.2 Å². The van der Waals surface area contributed by atoms with E-state index in [-0.39, 0.29) is 13.2 Å². The second-order valence-corrected chi connectivity index (χ2v) is 10.3. The molecule has 0 aliphatic carbocycles. The summed E-state index contributed by atoms with van der Waals surface area (Å²) in [5.41, 5.74) is 1.25. The van der Waals surface area contributed by atoms with Crippen molar-refractivity contribution >= 4 is 46.2 Å². The number of aromatic nitrogens is 6. The first kappa shape index (κ1) is 26.7. The van der Waals surface area contributed by atoms with Crippen LogP contribution in [0.4, 0.5) is 36.6 Å². The lowest BCUT2D eigenvalue weighted by molar-refractivity contribution is -0.174. The van der Waals surface area contributed by atoms with Gasteiger partial charge in [-0.2, -0.15) is 35.0 Å². The summed E-state index contributed by atoms with van der Waals surface area (Å²) < 4.78 is 44.5. The first-order valence-electron chi connectivity index (χ1n) is 12.7. The molecule has 3 aromatic heterocycles. The van der Waals surface area contributed by atoms with E-state index >= 15 is 0 Å². The number of alkyl halides is 3. The molecule has 15 heteroatoms. The minimum absolute atomic E-state index is 0.113. The Hall–Kier alpha value is -2.91. The van der Waals surface area contributed by atoms with Crippen LogP contribution >= 0.6 is 11.8 Å². The third-order valence-electron chi connectivity index (χ3n) is 6.44. The Morgan fingerprint density at radius 3 is 2.76 bits per heavy atom. The quantitative estimate of drug-likeness (QED) is 0.383. The van der Waals surface area contributed by atoms with Crippen molar-refractivity contribution in [1.29, 1.82) is 0 Å². The topological polar surface area (TPSA) is 109 Å². The van der Waals surface area contributed by atoms with E-state index < -0.39 is 12.8 Å². The van der Waals surface area contributed by atoms with Gasteiger partial charge in [0.2, 0.25) is 5.95 Å². The number of piperazine rings is 1. The molecular weight excluding hydrogens is 521 g/mol. The number of hydrogen-bond donors (Lipinski definition) is 2. The van der Waals surface area contributed by atoms with Gasteiger partial charge < -0.3 is 25.2 Å². The SMILES string of the molecule is CC[C@@H]1CN(c2nc(Nc3ccncn3)c3c(n2)c(N2CCSCC2)nn3CCOCC(F)(F)F)CCN1. The first-order valence-corrected chi connectivity index (χ1v) is 13.8. The summed E-state index contributed by atoms with van der Waals surface area (Å²) in [6.45, 7) is 4.75. The minimum atomic E-state index is -4.39. The molecule has 2 fully saturated rings. The van der Waals surface area contributed by atoms with Crippen molar-refractivity contribution in [3.05, 3.63) is 18.6 Å². The predicted octanol–water partition coefficient (Wildman–Crippen LogP) is 2.68. The van der Waals surface area contributed by atoms with Crippen LogP contribution in [0, 0.1) is 0 Å². The van der Waals surface area contributed by atoms with E-state index in [0.29, 0.717) is 40.5 Å². The Bertz CT molecular complexity index is 1210. The predicted molar refractivity (Wildman–Crippen MR) is 141 cm³/mol. The Labute approximate surface area is 222 Å². The maximum absolute atomic E-state index is 12.7. The van der Waals surface area contributed by atoms with E-state index in [4.69, 9.17) is 19.8 Å². The molecule has 0 unspecified atom stereocenters. The highest BCUT2D eigenvalue weighted by Crippen LogP contribution is 2.33. The third kappa shape index (κ3) is 6.38. The van der Waals surface area contributed by atoms with Crippen molar-refractivity contribution < 1.29 is 17.9 Å². The van der Waals surface area contributed by atoms with Gasteiger partial charge in [-0.3, -0.25) is 4.68 Å². The lowest BCUT2D eigenvalue weighted by Gasteiger charge is -2.33. The average molecular weight is 553 g/mol. The average Bonchev–Trinajstić information content (AvgIpc) is 3.30. The zero-order chi connectivity index (χ0) is 26.5. The van der Waals surface area contributed by atoms with Crippen LogP contribution in [0.25, 0.3) is 11.0 Å². The molecule has 0 bridgehead atoms. The molecule has 1 atom stereocenters. The highest BCUT2D eigenvalue weighted by molar-refractivity contribution is 7.99. The maximum atomic E-state index is 12.7. The van der Waals surface area contributed by atoms with Gasteiger partial charge in [-0.1, -0.05) is 6.92 Å². The molecule has 0 amide bonds. The summed E-state index contributed by atoms with van der Waals surface area (Å²) >= 11 is 1.88. The number of halogens is 3. The van der Waals surface area contributed by atoms with E-state index in [0.717, 1.165) is 50.7 Å². The monoisotopic (exact) mass is 552 g/mol. The lowest BCUT2D eigenvalue weighted by Crippen LogP contribution is -2.51. The van der Waals surface area contributed by atoms with Crippen LogP contribution in [0.1, 0.15) is 13.3 Å². The van der Waals surface area contributed by atoms with E-state index in [1.54, 1.807) is 16.9 Å². The van der Waals surface area contributed by atoms with E-state index in [1.165, 1.54) is 6.33 Å². The molecule has 0 radical (unpaired) electrons. The maximum Gasteiger partial charge on any atom is 0.411 e. The smallest absolute Gasteiger partial charge is 0.370 e. The minimum Gasteiger partial charge on any atom is -0.370 e. The van der Waals surface area contributed by atoms with Gasteiger partial charge in [0.15, 0.2) is 11.6 Å². The number of hydrogen-bond acceptors (Lipinski definition) is 11. The van der Waals surface area contributed by atoms with E-state index in [2.05, 4.69) is 37.3 Å². The van der Waals surface area contributed by atoms with E-state index in [9.17, 15) is 13.2 Å². The van der Waals surface area contributed by atoms with Crippen molar-refractivity contribution in [3.63, 3.8) is 0 Å². The molecule has 2 aliphatic rings. The van der Waals surface area contributed by atoms with Crippen LogP contribution in [-0.2, 0) is 11.3 Å². The Morgan fingerprint density at radius 2 is 2.03 bits per heavy atom. The fourth-order valence-electron chi connectivity index (χ4n) is 4.54. The molecule has 5 rings (SSSR count). The number of fused-ring (bicyclic) bond motifs is 1. The Kier molecular flexibility index (Phi) is 8.33. The fourth-order valence-corrected chi connectivity index (χ4v) is 5.44. The number of nitrogens with one attached hydrogen (secondary N) is 2. The molecule has 5 heterocycles. The summed E-state index contributed by atoms with van der Waals surface area (Å²) in [5.74, 6) is 4.22. The number of thioether (sulfide) groups is 1. The van der Waals surface area contributed by atoms with E-state index in [1.807, 2.05) is 11.8 Å². The highest BCUT2D eigenvalue weighted by atomic mass is 32.2. The van der Waals surface area contributed by atoms with Gasteiger partial charge >= 0.3 is 6.18 Å². The lowest BCUT2D eigenvalue weighted by atomic mass is 10.1. The van der Waals surface area contributed by atoms with Crippen LogP contribution in [-0.4, -0.2) is 99.4 Å². The number of ether oxygens (including phenoxy) is 1. The van der Waals surface area contributed by atoms with Gasteiger partial charge in [-0.15, -0.1) is 0 Å².